The van der Waals surface area contributed by atoms with Gasteiger partial charge in [-0.15, -0.1) is 0 Å². The summed E-state index contributed by atoms with van der Waals surface area (Å²) >= 11 is 0. The van der Waals surface area contributed by atoms with Crippen LogP contribution in [-0.2, 0) is 25.6 Å². The molecule has 36 heavy (non-hydrogen) atoms. The van der Waals surface area contributed by atoms with Crippen LogP contribution in [0.1, 0.15) is 43.6 Å². The summed E-state index contributed by atoms with van der Waals surface area (Å²) in [5.74, 6) is 0.878. The molecule has 4 rings (SSSR count). The van der Waals surface area contributed by atoms with Crippen molar-refractivity contribution in [3.8, 4) is 5.75 Å². The quantitative estimate of drug-likeness (QED) is 0.571. The number of rotatable bonds is 8. The molecule has 2 aromatic rings. The van der Waals surface area contributed by atoms with Gasteiger partial charge in [0.05, 0.1) is 27.0 Å². The van der Waals surface area contributed by atoms with Gasteiger partial charge in [-0.1, -0.05) is 31.6 Å². The summed E-state index contributed by atoms with van der Waals surface area (Å²) < 4.78 is 21.7. The lowest BCUT2D eigenvalue weighted by Gasteiger charge is -2.28. The number of Topliss-reactive ketones (excluding diaryl/α,β-unsaturated/α-hetero) is 1. The summed E-state index contributed by atoms with van der Waals surface area (Å²) in [6.45, 7) is 6.31. The molecule has 190 valence electrons. The Labute approximate surface area is 211 Å². The highest BCUT2D eigenvalue weighted by Crippen LogP contribution is 2.48. The van der Waals surface area contributed by atoms with E-state index in [1.807, 2.05) is 38.1 Å². The number of hydrogen-bond donors (Lipinski definition) is 1. The summed E-state index contributed by atoms with van der Waals surface area (Å²) in [4.78, 5) is 25.8. The standard InChI is InChI=1S/C29H33NO6/c1-16-19(13-25(34-5)27(31)28(16)35-6)12-23-17(2)26(24-14-20(33-4)9-10-22(23)24)18(3)29(32)30-15-21-8-7-11-36-21/h7-14,16,18,26,28H,15H2,1-6H3,(H,30,32). The second-order valence-electron chi connectivity index (χ2n) is 9.28. The third kappa shape index (κ3) is 4.63. The van der Waals surface area contributed by atoms with Gasteiger partial charge >= 0.3 is 0 Å². The molecular formula is C29H33NO6. The van der Waals surface area contributed by atoms with Gasteiger partial charge in [-0.3, -0.25) is 9.59 Å². The predicted molar refractivity (Wildman–Crippen MR) is 136 cm³/mol. The van der Waals surface area contributed by atoms with Crippen LogP contribution in [0.15, 0.2) is 70.1 Å². The van der Waals surface area contributed by atoms with E-state index in [-0.39, 0.29) is 35.2 Å². The first-order valence-electron chi connectivity index (χ1n) is 12.0. The molecule has 1 aromatic carbocycles. The topological polar surface area (TPSA) is 87.0 Å². The first-order valence-corrected chi connectivity index (χ1v) is 12.0. The number of ketones is 1. The first kappa shape index (κ1) is 25.5. The lowest BCUT2D eigenvalue weighted by atomic mass is 9.83. The van der Waals surface area contributed by atoms with Gasteiger partial charge in [-0.05, 0) is 59.5 Å². The Kier molecular flexibility index (Phi) is 7.50. The highest BCUT2D eigenvalue weighted by atomic mass is 16.5. The van der Waals surface area contributed by atoms with E-state index < -0.39 is 6.10 Å². The summed E-state index contributed by atoms with van der Waals surface area (Å²) in [5.41, 5.74) is 5.13. The van der Waals surface area contributed by atoms with Crippen LogP contribution in [0, 0.1) is 11.8 Å². The minimum atomic E-state index is -0.615. The van der Waals surface area contributed by atoms with Crippen molar-refractivity contribution in [2.75, 3.05) is 21.3 Å². The minimum absolute atomic E-state index is 0.0592. The van der Waals surface area contributed by atoms with Crippen molar-refractivity contribution in [1.29, 1.82) is 0 Å². The third-order valence-electron chi connectivity index (χ3n) is 7.27. The SMILES string of the molecule is COC1=CC(=CC2=C(C)C(C(C)C(=O)NCc3ccco3)c3cc(OC)ccc32)C(C)C(OC)C1=O. The Morgan fingerprint density at radius 2 is 1.97 bits per heavy atom. The molecule has 0 saturated heterocycles. The van der Waals surface area contributed by atoms with Crippen molar-refractivity contribution >= 4 is 17.3 Å². The number of benzene rings is 1. The van der Waals surface area contributed by atoms with Crippen LogP contribution in [0.2, 0.25) is 0 Å². The van der Waals surface area contributed by atoms with Gasteiger partial charge in [0.25, 0.3) is 0 Å². The number of ether oxygens (including phenoxy) is 3. The molecule has 2 aliphatic carbocycles. The number of nitrogens with one attached hydrogen (secondary N) is 1. The average Bonchev–Trinajstić information content (AvgIpc) is 3.49. The van der Waals surface area contributed by atoms with Crippen LogP contribution < -0.4 is 10.1 Å². The molecule has 0 radical (unpaired) electrons. The Morgan fingerprint density at radius 3 is 2.61 bits per heavy atom. The fraction of sp³-hybridized carbons (Fsp3) is 0.379. The summed E-state index contributed by atoms with van der Waals surface area (Å²) in [5, 5.41) is 2.99. The Bertz CT molecular complexity index is 1240. The third-order valence-corrected chi connectivity index (χ3v) is 7.27. The van der Waals surface area contributed by atoms with E-state index >= 15 is 0 Å². The average molecular weight is 492 g/mol. The number of carbonyl (C=O) groups excluding carboxylic acids is 2. The first-order chi connectivity index (χ1) is 17.3. The molecule has 0 spiro atoms. The molecule has 4 atom stereocenters. The van der Waals surface area contributed by atoms with Crippen molar-refractivity contribution in [2.24, 2.45) is 11.8 Å². The number of hydrogen-bond acceptors (Lipinski definition) is 6. The van der Waals surface area contributed by atoms with E-state index in [1.165, 1.54) is 14.2 Å². The highest BCUT2D eigenvalue weighted by Gasteiger charge is 2.38. The smallest absolute Gasteiger partial charge is 0.226 e. The number of fused-ring (bicyclic) bond motifs is 1. The van der Waals surface area contributed by atoms with E-state index in [1.54, 1.807) is 25.5 Å². The maximum atomic E-state index is 13.2. The van der Waals surface area contributed by atoms with Crippen molar-refractivity contribution in [3.63, 3.8) is 0 Å². The van der Waals surface area contributed by atoms with Crippen molar-refractivity contribution in [2.45, 2.75) is 39.3 Å². The maximum absolute atomic E-state index is 13.2. The molecule has 2 aliphatic rings. The molecule has 1 aromatic heterocycles. The molecule has 4 unspecified atom stereocenters. The molecular weight excluding hydrogens is 458 g/mol. The van der Waals surface area contributed by atoms with Crippen LogP contribution >= 0.6 is 0 Å². The molecule has 1 amide bonds. The van der Waals surface area contributed by atoms with Crippen molar-refractivity contribution < 1.29 is 28.2 Å². The molecule has 0 fully saturated rings. The zero-order valence-corrected chi connectivity index (χ0v) is 21.6. The van der Waals surface area contributed by atoms with Crippen LogP contribution in [-0.4, -0.2) is 39.1 Å². The van der Waals surface area contributed by atoms with E-state index in [2.05, 4.69) is 18.3 Å². The Hall–Kier alpha value is -3.58. The predicted octanol–water partition coefficient (Wildman–Crippen LogP) is 4.80. The maximum Gasteiger partial charge on any atom is 0.226 e. The van der Waals surface area contributed by atoms with Crippen LogP contribution in [0.3, 0.4) is 0 Å². The number of methoxy groups -OCH3 is 3. The zero-order chi connectivity index (χ0) is 26.0. The molecule has 7 nitrogen and oxygen atoms in total. The lowest BCUT2D eigenvalue weighted by Crippen LogP contribution is -2.36. The van der Waals surface area contributed by atoms with Crippen molar-refractivity contribution in [1.82, 2.24) is 5.32 Å². The molecule has 0 saturated carbocycles. The number of furan rings is 1. The molecule has 1 heterocycles. The van der Waals surface area contributed by atoms with Crippen molar-refractivity contribution in [3.05, 3.63) is 82.5 Å². The van der Waals surface area contributed by atoms with E-state index in [4.69, 9.17) is 18.6 Å². The van der Waals surface area contributed by atoms with E-state index in [9.17, 15) is 9.59 Å². The number of carbonyl (C=O) groups is 2. The van der Waals surface area contributed by atoms with Gasteiger partial charge in [0.15, 0.2) is 5.76 Å². The van der Waals surface area contributed by atoms with Gasteiger partial charge < -0.3 is 23.9 Å². The van der Waals surface area contributed by atoms with Gasteiger partial charge in [-0.2, -0.15) is 0 Å². The van der Waals surface area contributed by atoms with Crippen LogP contribution in [0.4, 0.5) is 0 Å². The van der Waals surface area contributed by atoms with Crippen LogP contribution in [0.5, 0.6) is 5.75 Å². The second kappa shape index (κ2) is 10.6. The monoisotopic (exact) mass is 491 g/mol. The normalized spacial score (nSPS) is 23.4. The van der Waals surface area contributed by atoms with E-state index in [0.29, 0.717) is 12.3 Å². The highest BCUT2D eigenvalue weighted by molar-refractivity contribution is 6.00. The number of amides is 1. The van der Waals surface area contributed by atoms with E-state index in [0.717, 1.165) is 33.6 Å². The van der Waals surface area contributed by atoms with Gasteiger partial charge in [0.1, 0.15) is 17.6 Å². The minimum Gasteiger partial charge on any atom is -0.497 e. The van der Waals surface area contributed by atoms with Crippen LogP contribution in [0.25, 0.3) is 5.57 Å². The molecule has 7 heteroatoms. The summed E-state index contributed by atoms with van der Waals surface area (Å²) in [6.07, 6.45) is 4.86. The second-order valence-corrected chi connectivity index (χ2v) is 9.28. The lowest BCUT2D eigenvalue weighted by molar-refractivity contribution is -0.130. The fourth-order valence-electron chi connectivity index (χ4n) is 5.23. The largest absolute Gasteiger partial charge is 0.497 e. The van der Waals surface area contributed by atoms with Gasteiger partial charge in [0.2, 0.25) is 11.7 Å². The Morgan fingerprint density at radius 1 is 1.19 bits per heavy atom. The van der Waals surface area contributed by atoms with Gasteiger partial charge in [-0.25, -0.2) is 0 Å². The molecule has 0 aliphatic heterocycles. The van der Waals surface area contributed by atoms with Gasteiger partial charge in [0, 0.05) is 24.9 Å². The summed E-state index contributed by atoms with van der Waals surface area (Å²) in [7, 11) is 4.66. The molecule has 0 bridgehead atoms. The number of allylic oxidation sites excluding steroid dienone is 4. The summed E-state index contributed by atoms with van der Waals surface area (Å²) in [6, 6.07) is 9.60. The Balaban J connectivity index is 1.74. The molecule has 1 N–H and O–H groups in total. The fourth-order valence-corrected chi connectivity index (χ4v) is 5.23. The zero-order valence-electron chi connectivity index (χ0n) is 21.6.